The van der Waals surface area contributed by atoms with Crippen LogP contribution in [-0.4, -0.2) is 22.0 Å². The Hall–Kier alpha value is -2.93. The summed E-state index contributed by atoms with van der Waals surface area (Å²) in [4.78, 5) is 40.3. The SMILES string of the molecule is O=C1c2ccccc2C(=O)N1OCc1cc(=O)c(O)co1. The summed E-state index contributed by atoms with van der Waals surface area (Å²) in [5.41, 5.74) is -0.119. The van der Waals surface area contributed by atoms with E-state index in [1.165, 1.54) is 12.1 Å². The molecule has 0 bridgehead atoms. The zero-order valence-electron chi connectivity index (χ0n) is 10.6. The Morgan fingerprint density at radius 1 is 1.10 bits per heavy atom. The molecule has 21 heavy (non-hydrogen) atoms. The summed E-state index contributed by atoms with van der Waals surface area (Å²) < 4.78 is 4.92. The molecule has 0 radical (unpaired) electrons. The lowest BCUT2D eigenvalue weighted by Crippen LogP contribution is -2.29. The molecule has 106 valence electrons. The number of benzene rings is 1. The van der Waals surface area contributed by atoms with Crippen molar-refractivity contribution >= 4 is 11.8 Å². The maximum atomic E-state index is 12.0. The van der Waals surface area contributed by atoms with Crippen molar-refractivity contribution in [1.82, 2.24) is 5.06 Å². The zero-order valence-corrected chi connectivity index (χ0v) is 10.6. The molecule has 7 heteroatoms. The molecule has 1 N–H and O–H groups in total. The fourth-order valence-electron chi connectivity index (χ4n) is 1.93. The standard InChI is InChI=1S/C14H9NO6/c16-11-5-8(20-7-12(11)17)6-21-15-13(18)9-3-1-2-4-10(9)14(15)19/h1-5,7,17H,6H2. The quantitative estimate of drug-likeness (QED) is 0.848. The van der Waals surface area contributed by atoms with E-state index in [4.69, 9.17) is 14.4 Å². The monoisotopic (exact) mass is 287 g/mol. The molecule has 0 saturated heterocycles. The van der Waals surface area contributed by atoms with Gasteiger partial charge in [-0.25, -0.2) is 0 Å². The van der Waals surface area contributed by atoms with Gasteiger partial charge >= 0.3 is 0 Å². The first kappa shape index (κ1) is 13.1. The Morgan fingerprint density at radius 3 is 2.29 bits per heavy atom. The second-order valence-electron chi connectivity index (χ2n) is 4.32. The number of hydrogen-bond donors (Lipinski definition) is 1. The van der Waals surface area contributed by atoms with Gasteiger partial charge in [-0.05, 0) is 12.1 Å². The second-order valence-corrected chi connectivity index (χ2v) is 4.32. The van der Waals surface area contributed by atoms with Crippen LogP contribution >= 0.6 is 0 Å². The number of nitrogens with zero attached hydrogens (tertiary/aromatic N) is 1. The molecule has 0 fully saturated rings. The van der Waals surface area contributed by atoms with E-state index in [0.29, 0.717) is 5.06 Å². The number of rotatable bonds is 3. The molecule has 1 aliphatic rings. The molecular formula is C14H9NO6. The number of aromatic hydroxyl groups is 1. The number of fused-ring (bicyclic) bond motifs is 1. The number of hydroxylamine groups is 2. The van der Waals surface area contributed by atoms with E-state index in [-0.39, 0.29) is 23.5 Å². The van der Waals surface area contributed by atoms with Crippen LogP contribution in [0.5, 0.6) is 5.75 Å². The van der Waals surface area contributed by atoms with Crippen molar-refractivity contribution < 1.29 is 24.0 Å². The lowest BCUT2D eigenvalue weighted by Gasteiger charge is -2.12. The normalized spacial score (nSPS) is 13.6. The molecular weight excluding hydrogens is 278 g/mol. The minimum Gasteiger partial charge on any atom is -0.502 e. The molecule has 7 nitrogen and oxygen atoms in total. The van der Waals surface area contributed by atoms with Crippen molar-refractivity contribution in [3.05, 3.63) is 63.7 Å². The number of carbonyl (C=O) groups excluding carboxylic acids is 2. The molecule has 0 saturated carbocycles. The molecule has 1 aromatic carbocycles. The topological polar surface area (TPSA) is 97.0 Å². The molecule has 0 spiro atoms. The van der Waals surface area contributed by atoms with Gasteiger partial charge in [-0.1, -0.05) is 12.1 Å². The van der Waals surface area contributed by atoms with Gasteiger partial charge in [-0.2, -0.15) is 0 Å². The number of amides is 2. The Kier molecular flexibility index (Phi) is 3.03. The Morgan fingerprint density at radius 2 is 1.71 bits per heavy atom. The van der Waals surface area contributed by atoms with E-state index in [2.05, 4.69) is 0 Å². The average molecular weight is 287 g/mol. The van der Waals surface area contributed by atoms with Gasteiger partial charge in [0.25, 0.3) is 11.8 Å². The molecule has 0 aliphatic carbocycles. The summed E-state index contributed by atoms with van der Waals surface area (Å²) in [5.74, 6) is -1.60. The van der Waals surface area contributed by atoms with Gasteiger partial charge in [-0.3, -0.25) is 19.2 Å². The molecule has 1 aliphatic heterocycles. The summed E-state index contributed by atoms with van der Waals surface area (Å²) in [6.45, 7) is -0.291. The lowest BCUT2D eigenvalue weighted by molar-refractivity contribution is -0.105. The summed E-state index contributed by atoms with van der Waals surface area (Å²) >= 11 is 0. The molecule has 1 aromatic heterocycles. The highest BCUT2D eigenvalue weighted by Crippen LogP contribution is 2.23. The van der Waals surface area contributed by atoms with Crippen LogP contribution in [0.2, 0.25) is 0 Å². The first-order chi connectivity index (χ1) is 10.1. The van der Waals surface area contributed by atoms with Crippen molar-refractivity contribution in [2.75, 3.05) is 0 Å². The third kappa shape index (κ3) is 2.19. The predicted molar refractivity (Wildman–Crippen MR) is 68.4 cm³/mol. The van der Waals surface area contributed by atoms with Crippen LogP contribution in [0, 0.1) is 0 Å². The van der Waals surface area contributed by atoms with E-state index in [0.717, 1.165) is 12.3 Å². The van der Waals surface area contributed by atoms with Crippen molar-refractivity contribution in [3.63, 3.8) is 0 Å². The van der Waals surface area contributed by atoms with Crippen LogP contribution in [0.1, 0.15) is 26.5 Å². The summed E-state index contributed by atoms with van der Waals surface area (Å²) in [5, 5.41) is 9.68. The van der Waals surface area contributed by atoms with Crippen LogP contribution in [0.15, 0.2) is 45.8 Å². The molecule has 2 amide bonds. The van der Waals surface area contributed by atoms with Crippen molar-refractivity contribution in [2.24, 2.45) is 0 Å². The molecule has 0 atom stereocenters. The number of imide groups is 1. The van der Waals surface area contributed by atoms with E-state index >= 15 is 0 Å². The maximum Gasteiger partial charge on any atom is 0.285 e. The zero-order chi connectivity index (χ0) is 15.0. The van der Waals surface area contributed by atoms with Crippen molar-refractivity contribution in [2.45, 2.75) is 6.61 Å². The Bertz CT molecular complexity index is 759. The minimum absolute atomic E-state index is 0.0781. The van der Waals surface area contributed by atoms with E-state index in [1.54, 1.807) is 12.1 Å². The minimum atomic E-state index is -0.637. The van der Waals surface area contributed by atoms with Gasteiger partial charge < -0.3 is 9.52 Å². The van der Waals surface area contributed by atoms with Crippen LogP contribution in [-0.2, 0) is 11.4 Å². The summed E-state index contributed by atoms with van der Waals surface area (Å²) in [6, 6.07) is 7.37. The first-order valence-electron chi connectivity index (χ1n) is 5.99. The van der Waals surface area contributed by atoms with Gasteiger partial charge in [-0.15, -0.1) is 5.06 Å². The van der Waals surface area contributed by atoms with Crippen LogP contribution in [0.25, 0.3) is 0 Å². The lowest BCUT2D eigenvalue weighted by atomic mass is 10.1. The average Bonchev–Trinajstić information content (AvgIpc) is 2.73. The van der Waals surface area contributed by atoms with Gasteiger partial charge in [0.1, 0.15) is 18.6 Å². The third-order valence-electron chi connectivity index (χ3n) is 2.96. The van der Waals surface area contributed by atoms with Gasteiger partial charge in [0, 0.05) is 6.07 Å². The molecule has 2 heterocycles. The van der Waals surface area contributed by atoms with Gasteiger partial charge in [0.15, 0.2) is 5.75 Å². The molecule has 0 unspecified atom stereocenters. The summed E-state index contributed by atoms with van der Waals surface area (Å²) in [6.07, 6.45) is 0.864. The fourth-order valence-corrected chi connectivity index (χ4v) is 1.93. The predicted octanol–water partition coefficient (Wildman–Crippen LogP) is 1.07. The highest BCUT2D eigenvalue weighted by molar-refractivity contribution is 6.20. The highest BCUT2D eigenvalue weighted by Gasteiger charge is 2.36. The van der Waals surface area contributed by atoms with E-state index in [1.807, 2.05) is 0 Å². The van der Waals surface area contributed by atoms with E-state index in [9.17, 15) is 14.4 Å². The number of hydrogen-bond acceptors (Lipinski definition) is 6. The van der Waals surface area contributed by atoms with Crippen LogP contribution in [0.3, 0.4) is 0 Å². The van der Waals surface area contributed by atoms with Crippen molar-refractivity contribution in [3.8, 4) is 5.75 Å². The first-order valence-corrected chi connectivity index (χ1v) is 5.99. The Balaban J connectivity index is 1.78. The summed E-state index contributed by atoms with van der Waals surface area (Å²) in [7, 11) is 0. The van der Waals surface area contributed by atoms with Crippen molar-refractivity contribution in [1.29, 1.82) is 0 Å². The van der Waals surface area contributed by atoms with Gasteiger partial charge in [0.05, 0.1) is 11.1 Å². The van der Waals surface area contributed by atoms with E-state index < -0.39 is 23.0 Å². The second kappa shape index (κ2) is 4.88. The van der Waals surface area contributed by atoms with Gasteiger partial charge in [0.2, 0.25) is 5.43 Å². The fraction of sp³-hybridized carbons (Fsp3) is 0.0714. The largest absolute Gasteiger partial charge is 0.502 e. The molecule has 3 rings (SSSR count). The maximum absolute atomic E-state index is 12.0. The Labute approximate surface area is 117 Å². The van der Waals surface area contributed by atoms with Crippen LogP contribution in [0.4, 0.5) is 0 Å². The van der Waals surface area contributed by atoms with Crippen LogP contribution < -0.4 is 5.43 Å². The molecule has 2 aromatic rings. The third-order valence-corrected chi connectivity index (χ3v) is 2.96. The highest BCUT2D eigenvalue weighted by atomic mass is 16.7. The smallest absolute Gasteiger partial charge is 0.285 e. The number of carbonyl (C=O) groups is 2.